The number of benzene rings is 2. The van der Waals surface area contributed by atoms with Gasteiger partial charge in [0, 0.05) is 11.4 Å². The van der Waals surface area contributed by atoms with E-state index < -0.39 is 5.97 Å². The molecule has 2 aromatic carbocycles. The zero-order valence-electron chi connectivity index (χ0n) is 11.1. The smallest absolute Gasteiger partial charge is 0.335 e. The van der Waals surface area contributed by atoms with E-state index in [9.17, 15) is 4.79 Å². The normalized spacial score (nSPS) is 10.2. The summed E-state index contributed by atoms with van der Waals surface area (Å²) in [5.41, 5.74) is 4.45. The van der Waals surface area contributed by atoms with Crippen molar-refractivity contribution in [2.45, 2.75) is 20.3 Å². The van der Waals surface area contributed by atoms with Gasteiger partial charge in [0.1, 0.15) is 0 Å². The Morgan fingerprint density at radius 2 is 1.84 bits per heavy atom. The fourth-order valence-electron chi connectivity index (χ4n) is 1.92. The Morgan fingerprint density at radius 1 is 1.16 bits per heavy atom. The lowest BCUT2D eigenvalue weighted by Crippen LogP contribution is -1.99. The lowest BCUT2D eigenvalue weighted by Gasteiger charge is -2.10. The van der Waals surface area contributed by atoms with Crippen LogP contribution < -0.4 is 5.32 Å². The molecular formula is C16H17NO2. The highest BCUT2D eigenvalue weighted by atomic mass is 16.4. The molecule has 0 bridgehead atoms. The van der Waals surface area contributed by atoms with Crippen molar-refractivity contribution >= 4 is 17.3 Å². The van der Waals surface area contributed by atoms with Crippen LogP contribution in [0.3, 0.4) is 0 Å². The van der Waals surface area contributed by atoms with Crippen LogP contribution in [0.15, 0.2) is 42.5 Å². The third kappa shape index (κ3) is 3.13. The second-order valence-corrected chi connectivity index (χ2v) is 4.51. The summed E-state index contributed by atoms with van der Waals surface area (Å²) < 4.78 is 0. The summed E-state index contributed by atoms with van der Waals surface area (Å²) >= 11 is 0. The van der Waals surface area contributed by atoms with Crippen LogP contribution in [0.2, 0.25) is 0 Å². The minimum atomic E-state index is -0.901. The van der Waals surface area contributed by atoms with Crippen LogP contribution in [0.1, 0.15) is 28.4 Å². The first kappa shape index (κ1) is 13.1. The van der Waals surface area contributed by atoms with Crippen LogP contribution >= 0.6 is 0 Å². The predicted octanol–water partition coefficient (Wildman–Crippen LogP) is 4.00. The Morgan fingerprint density at radius 3 is 2.37 bits per heavy atom. The second-order valence-electron chi connectivity index (χ2n) is 4.51. The van der Waals surface area contributed by atoms with Crippen LogP contribution in [-0.4, -0.2) is 11.1 Å². The standard InChI is InChI=1S/C16H17NO2/c1-3-12-4-7-14(8-5-12)17-15-9-6-13(16(18)19)10-11(15)2/h4-10,17H,3H2,1-2H3,(H,18,19). The number of rotatable bonds is 4. The van der Waals surface area contributed by atoms with E-state index in [-0.39, 0.29) is 0 Å². The minimum absolute atomic E-state index is 0.310. The Balaban J connectivity index is 2.20. The maximum Gasteiger partial charge on any atom is 0.335 e. The molecule has 0 aliphatic heterocycles. The van der Waals surface area contributed by atoms with Crippen LogP contribution in [-0.2, 0) is 6.42 Å². The summed E-state index contributed by atoms with van der Waals surface area (Å²) in [6.07, 6.45) is 1.02. The van der Waals surface area contributed by atoms with E-state index in [4.69, 9.17) is 5.11 Å². The molecule has 0 heterocycles. The van der Waals surface area contributed by atoms with Crippen molar-refractivity contribution in [3.63, 3.8) is 0 Å². The van der Waals surface area contributed by atoms with Gasteiger partial charge in [-0.15, -0.1) is 0 Å². The van der Waals surface area contributed by atoms with Crippen molar-refractivity contribution in [3.05, 3.63) is 59.2 Å². The van der Waals surface area contributed by atoms with Gasteiger partial charge in [0.15, 0.2) is 0 Å². The number of carboxylic acid groups (broad SMARTS) is 1. The van der Waals surface area contributed by atoms with E-state index in [1.165, 1.54) is 5.56 Å². The molecular weight excluding hydrogens is 238 g/mol. The fraction of sp³-hybridized carbons (Fsp3) is 0.188. The zero-order chi connectivity index (χ0) is 13.8. The number of hydrogen-bond acceptors (Lipinski definition) is 2. The minimum Gasteiger partial charge on any atom is -0.478 e. The zero-order valence-corrected chi connectivity index (χ0v) is 11.1. The van der Waals surface area contributed by atoms with E-state index in [0.717, 1.165) is 23.4 Å². The number of hydrogen-bond donors (Lipinski definition) is 2. The molecule has 0 aromatic heterocycles. The van der Waals surface area contributed by atoms with Gasteiger partial charge in [0.25, 0.3) is 0 Å². The number of carbonyl (C=O) groups is 1. The van der Waals surface area contributed by atoms with Gasteiger partial charge in [-0.1, -0.05) is 19.1 Å². The van der Waals surface area contributed by atoms with Gasteiger partial charge in [-0.25, -0.2) is 4.79 Å². The van der Waals surface area contributed by atoms with E-state index >= 15 is 0 Å². The largest absolute Gasteiger partial charge is 0.478 e. The second kappa shape index (κ2) is 5.57. The first-order valence-electron chi connectivity index (χ1n) is 6.30. The highest BCUT2D eigenvalue weighted by molar-refractivity contribution is 5.88. The number of nitrogens with one attached hydrogen (secondary N) is 1. The molecule has 0 saturated carbocycles. The average molecular weight is 255 g/mol. The molecule has 0 unspecified atom stereocenters. The Bertz CT molecular complexity index is 588. The van der Waals surface area contributed by atoms with E-state index in [1.807, 2.05) is 19.1 Å². The Kier molecular flexibility index (Phi) is 3.85. The maximum atomic E-state index is 10.9. The lowest BCUT2D eigenvalue weighted by molar-refractivity contribution is 0.0697. The van der Waals surface area contributed by atoms with Crippen LogP contribution in [0.4, 0.5) is 11.4 Å². The van der Waals surface area contributed by atoms with Gasteiger partial charge in [-0.05, 0) is 54.8 Å². The molecule has 0 spiro atoms. The van der Waals surface area contributed by atoms with Crippen molar-refractivity contribution in [2.75, 3.05) is 5.32 Å². The van der Waals surface area contributed by atoms with E-state index in [1.54, 1.807) is 18.2 Å². The van der Waals surface area contributed by atoms with Crippen LogP contribution in [0.25, 0.3) is 0 Å². The lowest BCUT2D eigenvalue weighted by atomic mass is 10.1. The molecule has 0 amide bonds. The van der Waals surface area contributed by atoms with Gasteiger partial charge in [0.05, 0.1) is 5.56 Å². The summed E-state index contributed by atoms with van der Waals surface area (Å²) in [5, 5.41) is 12.2. The fourth-order valence-corrected chi connectivity index (χ4v) is 1.92. The molecule has 0 radical (unpaired) electrons. The molecule has 2 aromatic rings. The molecule has 0 aliphatic carbocycles. The van der Waals surface area contributed by atoms with Gasteiger partial charge in [-0.3, -0.25) is 0 Å². The highest BCUT2D eigenvalue weighted by Crippen LogP contribution is 2.22. The van der Waals surface area contributed by atoms with Crippen molar-refractivity contribution < 1.29 is 9.90 Å². The number of carboxylic acids is 1. The Labute approximate surface area is 112 Å². The number of aromatic carboxylic acids is 1. The van der Waals surface area contributed by atoms with Crippen molar-refractivity contribution in [3.8, 4) is 0 Å². The molecule has 2 rings (SSSR count). The number of anilines is 2. The first-order valence-corrected chi connectivity index (χ1v) is 6.30. The van der Waals surface area contributed by atoms with Crippen molar-refractivity contribution in [1.82, 2.24) is 0 Å². The SMILES string of the molecule is CCc1ccc(Nc2ccc(C(=O)O)cc2C)cc1. The molecule has 0 aliphatic rings. The molecule has 0 saturated heterocycles. The van der Waals surface area contributed by atoms with Crippen molar-refractivity contribution in [2.24, 2.45) is 0 Å². The van der Waals surface area contributed by atoms with Gasteiger partial charge in [0.2, 0.25) is 0 Å². The molecule has 2 N–H and O–H groups in total. The van der Waals surface area contributed by atoms with Gasteiger partial charge in [-0.2, -0.15) is 0 Å². The van der Waals surface area contributed by atoms with Crippen LogP contribution in [0, 0.1) is 6.92 Å². The summed E-state index contributed by atoms with van der Waals surface area (Å²) in [6, 6.07) is 13.3. The topological polar surface area (TPSA) is 49.3 Å². The molecule has 3 nitrogen and oxygen atoms in total. The summed E-state index contributed by atoms with van der Waals surface area (Å²) in [6.45, 7) is 4.02. The van der Waals surface area contributed by atoms with Gasteiger partial charge < -0.3 is 10.4 Å². The maximum absolute atomic E-state index is 10.9. The van der Waals surface area contributed by atoms with E-state index in [0.29, 0.717) is 5.56 Å². The molecule has 0 atom stereocenters. The quantitative estimate of drug-likeness (QED) is 0.868. The number of aryl methyl sites for hydroxylation is 2. The Hall–Kier alpha value is -2.29. The first-order chi connectivity index (χ1) is 9.10. The molecule has 19 heavy (non-hydrogen) atoms. The summed E-state index contributed by atoms with van der Waals surface area (Å²) in [5.74, 6) is -0.901. The third-order valence-corrected chi connectivity index (χ3v) is 3.11. The predicted molar refractivity (Wildman–Crippen MR) is 77.2 cm³/mol. The van der Waals surface area contributed by atoms with E-state index in [2.05, 4.69) is 24.4 Å². The molecule has 0 fully saturated rings. The van der Waals surface area contributed by atoms with Gasteiger partial charge >= 0.3 is 5.97 Å². The summed E-state index contributed by atoms with van der Waals surface area (Å²) in [4.78, 5) is 10.9. The highest BCUT2D eigenvalue weighted by Gasteiger charge is 2.05. The monoisotopic (exact) mass is 255 g/mol. The average Bonchev–Trinajstić information content (AvgIpc) is 2.41. The van der Waals surface area contributed by atoms with Crippen molar-refractivity contribution in [1.29, 1.82) is 0 Å². The third-order valence-electron chi connectivity index (χ3n) is 3.11. The van der Waals surface area contributed by atoms with Crippen LogP contribution in [0.5, 0.6) is 0 Å². The molecule has 98 valence electrons. The molecule has 3 heteroatoms. The summed E-state index contributed by atoms with van der Waals surface area (Å²) in [7, 11) is 0.